The molecule has 0 radical (unpaired) electrons. The van der Waals surface area contributed by atoms with Gasteiger partial charge in [-0.25, -0.2) is 0 Å². The predicted molar refractivity (Wildman–Crippen MR) is 87.4 cm³/mol. The Morgan fingerprint density at radius 1 is 1.35 bits per heavy atom. The van der Waals surface area contributed by atoms with Crippen LogP contribution in [0.2, 0.25) is 5.02 Å². The van der Waals surface area contributed by atoms with Gasteiger partial charge in [-0.15, -0.1) is 0 Å². The first-order valence-electron chi connectivity index (χ1n) is 5.92. The zero-order chi connectivity index (χ0) is 14.4. The average molecular weight is 305 g/mol. The highest BCUT2D eigenvalue weighted by Gasteiger charge is 2.02. The molecular weight excluding hydrogens is 292 g/mol. The summed E-state index contributed by atoms with van der Waals surface area (Å²) in [6, 6.07) is 9.33. The number of aromatic nitrogens is 1. The van der Waals surface area contributed by atoms with Gasteiger partial charge < -0.3 is 5.32 Å². The van der Waals surface area contributed by atoms with Gasteiger partial charge in [-0.2, -0.15) is 5.10 Å². The number of rotatable bonds is 3. The summed E-state index contributed by atoms with van der Waals surface area (Å²) >= 11 is 11.2. The molecule has 4 nitrogen and oxygen atoms in total. The van der Waals surface area contributed by atoms with Crippen LogP contribution >= 0.6 is 23.8 Å². The fourth-order valence-electron chi connectivity index (χ4n) is 1.51. The van der Waals surface area contributed by atoms with E-state index in [1.165, 1.54) is 0 Å². The van der Waals surface area contributed by atoms with Crippen molar-refractivity contribution in [1.29, 1.82) is 0 Å². The Hall–Kier alpha value is -1.98. The normalized spacial score (nSPS) is 10.5. The summed E-state index contributed by atoms with van der Waals surface area (Å²) in [5.74, 6) is 0. The third-order valence-corrected chi connectivity index (χ3v) is 3.18. The van der Waals surface area contributed by atoms with Gasteiger partial charge >= 0.3 is 0 Å². The fraction of sp³-hybridized carbons (Fsp3) is 0.0714. The van der Waals surface area contributed by atoms with E-state index >= 15 is 0 Å². The lowest BCUT2D eigenvalue weighted by Gasteiger charge is -2.10. The summed E-state index contributed by atoms with van der Waals surface area (Å²) in [5.41, 5.74) is 5.43. The Balaban J connectivity index is 1.93. The van der Waals surface area contributed by atoms with Gasteiger partial charge in [0.2, 0.25) is 0 Å². The second kappa shape index (κ2) is 6.98. The fourth-order valence-corrected chi connectivity index (χ4v) is 1.85. The van der Waals surface area contributed by atoms with E-state index in [4.69, 9.17) is 23.8 Å². The highest BCUT2D eigenvalue weighted by molar-refractivity contribution is 7.80. The molecule has 0 bridgehead atoms. The summed E-state index contributed by atoms with van der Waals surface area (Å²) < 4.78 is 0. The van der Waals surface area contributed by atoms with Crippen LogP contribution in [0.25, 0.3) is 0 Å². The minimum atomic E-state index is 0.399. The first-order valence-corrected chi connectivity index (χ1v) is 6.70. The smallest absolute Gasteiger partial charge is 0.191 e. The van der Waals surface area contributed by atoms with Crippen molar-refractivity contribution in [2.45, 2.75) is 6.92 Å². The van der Waals surface area contributed by atoms with E-state index in [9.17, 15) is 0 Å². The van der Waals surface area contributed by atoms with Crippen molar-refractivity contribution >= 4 is 40.8 Å². The van der Waals surface area contributed by atoms with Crippen LogP contribution in [0, 0.1) is 6.92 Å². The van der Waals surface area contributed by atoms with Crippen molar-refractivity contribution in [3.63, 3.8) is 0 Å². The van der Waals surface area contributed by atoms with Gasteiger partial charge in [0.1, 0.15) is 0 Å². The number of thiocarbonyl (C=S) groups is 1. The molecule has 0 fully saturated rings. The molecule has 0 unspecified atom stereocenters. The van der Waals surface area contributed by atoms with Crippen molar-refractivity contribution in [3.05, 3.63) is 58.9 Å². The number of halogens is 1. The average Bonchev–Trinajstić information content (AvgIpc) is 2.45. The van der Waals surface area contributed by atoms with E-state index in [0.29, 0.717) is 10.1 Å². The zero-order valence-corrected chi connectivity index (χ0v) is 12.4. The number of hydrazone groups is 1. The van der Waals surface area contributed by atoms with Crippen LogP contribution in [0.4, 0.5) is 5.69 Å². The second-order valence-electron chi connectivity index (χ2n) is 4.02. The number of anilines is 1. The van der Waals surface area contributed by atoms with E-state index in [-0.39, 0.29) is 0 Å². The minimum Gasteiger partial charge on any atom is -0.331 e. The maximum absolute atomic E-state index is 6.04. The topological polar surface area (TPSA) is 49.3 Å². The zero-order valence-electron chi connectivity index (χ0n) is 10.8. The van der Waals surface area contributed by atoms with Crippen molar-refractivity contribution in [2.24, 2.45) is 5.10 Å². The SMILES string of the molecule is Cc1c(Cl)cccc1NC(=S)N/N=C\c1cccnc1. The number of nitrogens with one attached hydrogen (secondary N) is 2. The Morgan fingerprint density at radius 3 is 2.95 bits per heavy atom. The van der Waals surface area contributed by atoms with Gasteiger partial charge in [0.25, 0.3) is 0 Å². The quantitative estimate of drug-likeness (QED) is 0.518. The monoisotopic (exact) mass is 304 g/mol. The summed E-state index contributed by atoms with van der Waals surface area (Å²) in [6.45, 7) is 1.92. The molecule has 0 amide bonds. The van der Waals surface area contributed by atoms with E-state index in [1.54, 1.807) is 18.6 Å². The standard InChI is InChI=1S/C14H13ClN4S/c1-10-12(15)5-2-6-13(10)18-14(20)19-17-9-11-4-3-7-16-8-11/h2-9H,1H3,(H2,18,19,20)/b17-9-. The van der Waals surface area contributed by atoms with Gasteiger partial charge in [0.15, 0.2) is 5.11 Å². The minimum absolute atomic E-state index is 0.399. The maximum atomic E-state index is 6.04. The third-order valence-electron chi connectivity index (χ3n) is 2.58. The predicted octanol–water partition coefficient (Wildman–Crippen LogP) is 3.36. The Kier molecular flexibility index (Phi) is 5.03. The molecule has 0 atom stereocenters. The van der Waals surface area contributed by atoms with Gasteiger partial charge in [-0.3, -0.25) is 10.4 Å². The molecule has 2 N–H and O–H groups in total. The van der Waals surface area contributed by atoms with Gasteiger partial charge in [0, 0.05) is 28.7 Å². The van der Waals surface area contributed by atoms with E-state index in [1.807, 2.05) is 37.3 Å². The molecule has 20 heavy (non-hydrogen) atoms. The number of pyridine rings is 1. The lowest BCUT2D eigenvalue weighted by molar-refractivity contribution is 1.05. The van der Waals surface area contributed by atoms with Crippen LogP contribution in [0.15, 0.2) is 47.8 Å². The maximum Gasteiger partial charge on any atom is 0.191 e. The first-order chi connectivity index (χ1) is 9.66. The lowest BCUT2D eigenvalue weighted by atomic mass is 10.2. The molecule has 2 aromatic rings. The molecule has 6 heteroatoms. The summed E-state index contributed by atoms with van der Waals surface area (Å²) in [6.07, 6.45) is 5.06. The molecule has 0 aliphatic rings. The van der Waals surface area contributed by atoms with Crippen LogP contribution < -0.4 is 10.7 Å². The van der Waals surface area contributed by atoms with Crippen LogP contribution in [0.5, 0.6) is 0 Å². The van der Waals surface area contributed by atoms with Gasteiger partial charge in [-0.1, -0.05) is 23.7 Å². The van der Waals surface area contributed by atoms with Crippen molar-refractivity contribution in [2.75, 3.05) is 5.32 Å². The molecule has 0 saturated heterocycles. The number of hydrogen-bond donors (Lipinski definition) is 2. The third kappa shape index (κ3) is 4.01. The molecule has 1 heterocycles. The van der Waals surface area contributed by atoms with Crippen molar-refractivity contribution < 1.29 is 0 Å². The highest BCUT2D eigenvalue weighted by Crippen LogP contribution is 2.22. The lowest BCUT2D eigenvalue weighted by Crippen LogP contribution is -2.24. The molecular formula is C14H13ClN4S. The molecule has 1 aromatic carbocycles. The van der Waals surface area contributed by atoms with E-state index < -0.39 is 0 Å². The number of nitrogens with zero attached hydrogens (tertiary/aromatic N) is 2. The van der Waals surface area contributed by atoms with Crippen LogP contribution in [0.3, 0.4) is 0 Å². The van der Waals surface area contributed by atoms with Gasteiger partial charge in [-0.05, 0) is 42.9 Å². The molecule has 0 spiro atoms. The largest absolute Gasteiger partial charge is 0.331 e. The van der Waals surface area contributed by atoms with Crippen molar-refractivity contribution in [1.82, 2.24) is 10.4 Å². The van der Waals surface area contributed by atoms with Crippen molar-refractivity contribution in [3.8, 4) is 0 Å². The Bertz CT molecular complexity index is 628. The van der Waals surface area contributed by atoms with Crippen LogP contribution in [-0.4, -0.2) is 16.3 Å². The Labute approximate surface area is 127 Å². The van der Waals surface area contributed by atoms with E-state index in [2.05, 4.69) is 20.8 Å². The van der Waals surface area contributed by atoms with Gasteiger partial charge in [0.05, 0.1) is 6.21 Å². The highest BCUT2D eigenvalue weighted by atomic mass is 35.5. The molecule has 102 valence electrons. The second-order valence-corrected chi connectivity index (χ2v) is 4.84. The number of benzene rings is 1. The number of hydrogen-bond acceptors (Lipinski definition) is 3. The first kappa shape index (κ1) is 14.4. The molecule has 0 aliphatic heterocycles. The molecule has 1 aromatic heterocycles. The summed E-state index contributed by atoms with van der Waals surface area (Å²) in [5, 5.41) is 8.17. The summed E-state index contributed by atoms with van der Waals surface area (Å²) in [7, 11) is 0. The summed E-state index contributed by atoms with van der Waals surface area (Å²) in [4.78, 5) is 3.99. The Morgan fingerprint density at radius 2 is 2.20 bits per heavy atom. The van der Waals surface area contributed by atoms with Crippen LogP contribution in [0.1, 0.15) is 11.1 Å². The molecule has 0 aliphatic carbocycles. The van der Waals surface area contributed by atoms with E-state index in [0.717, 1.165) is 16.8 Å². The molecule has 0 saturated carbocycles. The van der Waals surface area contributed by atoms with Crippen LogP contribution in [-0.2, 0) is 0 Å². The molecule has 2 rings (SSSR count).